The molecule has 2 rings (SSSR count). The Morgan fingerprint density at radius 2 is 2.00 bits per heavy atom. The van der Waals surface area contributed by atoms with Crippen molar-refractivity contribution < 1.29 is 4.42 Å². The predicted octanol–water partition coefficient (Wildman–Crippen LogP) is 2.07. The summed E-state index contributed by atoms with van der Waals surface area (Å²) in [7, 11) is 0. The Morgan fingerprint density at radius 3 is 2.60 bits per heavy atom. The lowest BCUT2D eigenvalue weighted by atomic mass is 10.1. The number of halogens is 1. The molecule has 1 aromatic carbocycles. The van der Waals surface area contributed by atoms with Crippen LogP contribution < -0.4 is 5.73 Å². The van der Waals surface area contributed by atoms with Gasteiger partial charge in [-0.15, -0.1) is 10.2 Å². The van der Waals surface area contributed by atoms with Crippen molar-refractivity contribution in [2.24, 2.45) is 5.73 Å². The molecule has 2 N–H and O–H groups in total. The Hall–Kier alpha value is -1.20. The minimum Gasteiger partial charge on any atom is -0.414 e. The first-order chi connectivity index (χ1) is 7.25. The van der Waals surface area contributed by atoms with Crippen LogP contribution >= 0.6 is 15.9 Å². The molecule has 78 valence electrons. The molecule has 5 heteroatoms. The fourth-order valence-electron chi connectivity index (χ4n) is 1.32. The maximum absolute atomic E-state index is 5.92. The number of benzene rings is 1. The predicted molar refractivity (Wildman–Crippen MR) is 59.1 cm³/mol. The first-order valence-corrected chi connectivity index (χ1v) is 5.33. The van der Waals surface area contributed by atoms with E-state index in [9.17, 15) is 0 Å². The third-order valence-electron chi connectivity index (χ3n) is 2.03. The molecule has 0 aliphatic heterocycles. The van der Waals surface area contributed by atoms with Crippen LogP contribution in [0.5, 0.6) is 0 Å². The van der Waals surface area contributed by atoms with Crippen molar-refractivity contribution >= 4 is 15.9 Å². The number of nitrogens with two attached hydrogens (primary N) is 1. The summed E-state index contributed by atoms with van der Waals surface area (Å²) in [6.45, 7) is 0. The summed E-state index contributed by atoms with van der Waals surface area (Å²) in [4.78, 5) is 0.362. The normalized spacial score (nSPS) is 12.7. The zero-order chi connectivity index (χ0) is 10.7. The van der Waals surface area contributed by atoms with Crippen molar-refractivity contribution in [3.8, 4) is 0 Å². The van der Waals surface area contributed by atoms with Gasteiger partial charge < -0.3 is 10.2 Å². The smallest absolute Gasteiger partial charge is 0.284 e. The second-order valence-electron chi connectivity index (χ2n) is 3.19. The number of rotatable bonds is 3. The van der Waals surface area contributed by atoms with Crippen LogP contribution in [-0.2, 0) is 6.42 Å². The van der Waals surface area contributed by atoms with Crippen LogP contribution in [0.1, 0.15) is 17.5 Å². The molecule has 1 aromatic heterocycles. The van der Waals surface area contributed by atoms with E-state index in [1.165, 1.54) is 0 Å². The van der Waals surface area contributed by atoms with Crippen LogP contribution in [0.3, 0.4) is 0 Å². The first-order valence-electron chi connectivity index (χ1n) is 4.54. The van der Waals surface area contributed by atoms with Gasteiger partial charge in [-0.05, 0) is 12.0 Å². The molecular weight excluding hydrogens is 258 g/mol. The highest BCUT2D eigenvalue weighted by Gasteiger charge is 2.13. The van der Waals surface area contributed by atoms with E-state index in [1.807, 2.05) is 30.3 Å². The first kappa shape index (κ1) is 10.3. The summed E-state index contributed by atoms with van der Waals surface area (Å²) in [6, 6.07) is 9.71. The molecule has 1 unspecified atom stereocenters. The van der Waals surface area contributed by atoms with E-state index in [2.05, 4.69) is 26.1 Å². The molecule has 2 aromatic rings. The van der Waals surface area contributed by atoms with Gasteiger partial charge in [0.2, 0.25) is 5.89 Å². The summed E-state index contributed by atoms with van der Waals surface area (Å²) in [5.41, 5.74) is 7.08. The zero-order valence-corrected chi connectivity index (χ0v) is 9.52. The third kappa shape index (κ3) is 2.64. The summed E-state index contributed by atoms with van der Waals surface area (Å²) in [5, 5.41) is 7.52. The van der Waals surface area contributed by atoms with Crippen LogP contribution in [0.25, 0.3) is 0 Å². The van der Waals surface area contributed by atoms with E-state index in [0.29, 0.717) is 17.1 Å². The van der Waals surface area contributed by atoms with Crippen molar-refractivity contribution in [1.29, 1.82) is 0 Å². The Kier molecular flexibility index (Phi) is 3.13. The van der Waals surface area contributed by atoms with Crippen molar-refractivity contribution in [2.75, 3.05) is 0 Å². The second-order valence-corrected chi connectivity index (χ2v) is 3.87. The lowest BCUT2D eigenvalue weighted by Crippen LogP contribution is -2.13. The molecule has 1 atom stereocenters. The molecule has 0 fully saturated rings. The molecule has 0 spiro atoms. The maximum Gasteiger partial charge on any atom is 0.284 e. The zero-order valence-electron chi connectivity index (χ0n) is 7.93. The maximum atomic E-state index is 5.92. The van der Waals surface area contributed by atoms with Gasteiger partial charge in [-0.2, -0.15) is 0 Å². The molecule has 15 heavy (non-hydrogen) atoms. The van der Waals surface area contributed by atoms with Gasteiger partial charge in [0.15, 0.2) is 0 Å². The fraction of sp³-hybridized carbons (Fsp3) is 0.200. The van der Waals surface area contributed by atoms with Crippen molar-refractivity contribution in [3.63, 3.8) is 0 Å². The molecular formula is C10H10BrN3O. The van der Waals surface area contributed by atoms with Gasteiger partial charge in [0, 0.05) is 15.9 Å². The van der Waals surface area contributed by atoms with Gasteiger partial charge in [-0.1, -0.05) is 30.3 Å². The fourth-order valence-corrected chi connectivity index (χ4v) is 1.57. The quantitative estimate of drug-likeness (QED) is 0.925. The minimum absolute atomic E-state index is 0.258. The highest BCUT2D eigenvalue weighted by atomic mass is 79.9. The van der Waals surface area contributed by atoms with Crippen LogP contribution in [0.15, 0.2) is 39.5 Å². The molecule has 0 aliphatic rings. The second kappa shape index (κ2) is 4.55. The van der Waals surface area contributed by atoms with Gasteiger partial charge in [0.25, 0.3) is 4.80 Å². The molecule has 0 radical (unpaired) electrons. The Bertz CT molecular complexity index is 429. The van der Waals surface area contributed by atoms with Crippen molar-refractivity contribution in [2.45, 2.75) is 12.5 Å². The van der Waals surface area contributed by atoms with E-state index >= 15 is 0 Å². The lowest BCUT2D eigenvalue weighted by molar-refractivity contribution is 0.432. The van der Waals surface area contributed by atoms with E-state index in [1.54, 1.807) is 0 Å². The van der Waals surface area contributed by atoms with Crippen LogP contribution in [-0.4, -0.2) is 10.2 Å². The van der Waals surface area contributed by atoms with Crippen molar-refractivity contribution in [1.82, 2.24) is 10.2 Å². The summed E-state index contributed by atoms with van der Waals surface area (Å²) >= 11 is 3.09. The highest BCUT2D eigenvalue weighted by molar-refractivity contribution is 9.10. The molecule has 1 heterocycles. The van der Waals surface area contributed by atoms with Gasteiger partial charge in [-0.25, -0.2) is 0 Å². The average molecular weight is 268 g/mol. The van der Waals surface area contributed by atoms with E-state index < -0.39 is 0 Å². The Balaban J connectivity index is 2.07. The largest absolute Gasteiger partial charge is 0.414 e. The third-order valence-corrected chi connectivity index (χ3v) is 2.35. The molecule has 0 aliphatic carbocycles. The van der Waals surface area contributed by atoms with Gasteiger partial charge in [0.1, 0.15) is 0 Å². The summed E-state index contributed by atoms with van der Waals surface area (Å²) < 4.78 is 5.19. The minimum atomic E-state index is -0.258. The van der Waals surface area contributed by atoms with Gasteiger partial charge in [-0.3, -0.25) is 0 Å². The monoisotopic (exact) mass is 267 g/mol. The SMILES string of the molecule is NC(Cc1ccccc1)c1nnc(Br)o1. The number of aromatic nitrogens is 2. The number of hydrogen-bond donors (Lipinski definition) is 1. The van der Waals surface area contributed by atoms with Gasteiger partial charge in [0.05, 0.1) is 6.04 Å². The molecule has 4 nitrogen and oxygen atoms in total. The average Bonchev–Trinajstić information content (AvgIpc) is 2.66. The van der Waals surface area contributed by atoms with E-state index in [0.717, 1.165) is 5.56 Å². The highest BCUT2D eigenvalue weighted by Crippen LogP contribution is 2.16. The molecule has 0 saturated carbocycles. The summed E-state index contributed by atoms with van der Waals surface area (Å²) in [5.74, 6) is 0.450. The van der Waals surface area contributed by atoms with Crippen molar-refractivity contribution in [3.05, 3.63) is 46.6 Å². The van der Waals surface area contributed by atoms with Crippen LogP contribution in [0.2, 0.25) is 0 Å². The standard InChI is InChI=1S/C10H10BrN3O/c11-10-14-13-9(15-10)8(12)6-7-4-2-1-3-5-7/h1-5,8H,6,12H2. The Labute approximate surface area is 95.6 Å². The summed E-state index contributed by atoms with van der Waals surface area (Å²) in [6.07, 6.45) is 0.690. The van der Waals surface area contributed by atoms with E-state index in [4.69, 9.17) is 10.2 Å². The van der Waals surface area contributed by atoms with Crippen LogP contribution in [0, 0.1) is 0 Å². The van der Waals surface area contributed by atoms with Gasteiger partial charge >= 0.3 is 0 Å². The van der Waals surface area contributed by atoms with E-state index in [-0.39, 0.29) is 6.04 Å². The molecule has 0 amide bonds. The number of hydrogen-bond acceptors (Lipinski definition) is 4. The van der Waals surface area contributed by atoms with Crippen LogP contribution in [0.4, 0.5) is 0 Å². The topological polar surface area (TPSA) is 64.9 Å². The Morgan fingerprint density at radius 1 is 1.27 bits per heavy atom. The number of nitrogens with zero attached hydrogens (tertiary/aromatic N) is 2. The molecule has 0 saturated heterocycles. The lowest BCUT2D eigenvalue weighted by Gasteiger charge is -2.06. The molecule has 0 bridgehead atoms.